The van der Waals surface area contributed by atoms with Gasteiger partial charge in [-0.05, 0) is 19.1 Å². The SMILES string of the molecule is Br.Br.Br.Br.Br.C=C(C)C(=O)Oc1ccccc1.c1ccccc1. The van der Waals surface area contributed by atoms with Crippen LogP contribution in [0.15, 0.2) is 78.9 Å². The number of benzene rings is 2. The van der Waals surface area contributed by atoms with Gasteiger partial charge in [0, 0.05) is 5.57 Å². The highest BCUT2D eigenvalue weighted by atomic mass is 79.9. The van der Waals surface area contributed by atoms with Gasteiger partial charge in [-0.3, -0.25) is 0 Å². The van der Waals surface area contributed by atoms with Crippen LogP contribution >= 0.6 is 84.9 Å². The van der Waals surface area contributed by atoms with Gasteiger partial charge in [0.1, 0.15) is 5.75 Å². The molecule has 0 fully saturated rings. The quantitative estimate of drug-likeness (QED) is 0.206. The lowest BCUT2D eigenvalue weighted by atomic mass is 10.3. The minimum absolute atomic E-state index is 0. The lowest BCUT2D eigenvalue weighted by molar-refractivity contribution is -0.130. The van der Waals surface area contributed by atoms with Crippen LogP contribution in [0.5, 0.6) is 5.75 Å². The van der Waals surface area contributed by atoms with E-state index in [4.69, 9.17) is 4.74 Å². The molecule has 0 radical (unpaired) electrons. The van der Waals surface area contributed by atoms with E-state index in [2.05, 4.69) is 6.58 Å². The van der Waals surface area contributed by atoms with Gasteiger partial charge in [-0.15, -0.1) is 84.9 Å². The smallest absolute Gasteiger partial charge is 0.338 e. The second-order valence-electron chi connectivity index (χ2n) is 3.64. The minimum atomic E-state index is -0.388. The van der Waals surface area contributed by atoms with Gasteiger partial charge in [0.15, 0.2) is 0 Å². The van der Waals surface area contributed by atoms with Gasteiger partial charge in [-0.25, -0.2) is 4.79 Å². The molecule has 132 valence electrons. The Morgan fingerprint density at radius 1 is 0.739 bits per heavy atom. The highest BCUT2D eigenvalue weighted by Crippen LogP contribution is 2.09. The summed E-state index contributed by atoms with van der Waals surface area (Å²) >= 11 is 0. The van der Waals surface area contributed by atoms with Crippen molar-refractivity contribution in [2.45, 2.75) is 6.92 Å². The van der Waals surface area contributed by atoms with Gasteiger partial charge in [0.25, 0.3) is 0 Å². The van der Waals surface area contributed by atoms with Crippen molar-refractivity contribution in [3.63, 3.8) is 0 Å². The Labute approximate surface area is 190 Å². The van der Waals surface area contributed by atoms with Crippen molar-refractivity contribution in [3.8, 4) is 5.75 Å². The summed E-state index contributed by atoms with van der Waals surface area (Å²) in [7, 11) is 0. The van der Waals surface area contributed by atoms with Crippen molar-refractivity contribution in [3.05, 3.63) is 78.9 Å². The Morgan fingerprint density at radius 2 is 1.04 bits per heavy atom. The van der Waals surface area contributed by atoms with Crippen molar-refractivity contribution in [2.75, 3.05) is 0 Å². The number of para-hydroxylation sites is 1. The predicted octanol–water partition coefficient (Wildman–Crippen LogP) is 6.74. The molecule has 0 unspecified atom stereocenters. The van der Waals surface area contributed by atoms with Gasteiger partial charge in [0.2, 0.25) is 0 Å². The number of hydrogen-bond acceptors (Lipinski definition) is 2. The zero-order chi connectivity index (χ0) is 13.2. The number of carbonyl (C=O) groups is 1. The summed E-state index contributed by atoms with van der Waals surface area (Å²) in [6, 6.07) is 20.9. The minimum Gasteiger partial charge on any atom is -0.423 e. The molecule has 0 aliphatic rings. The molecule has 23 heavy (non-hydrogen) atoms. The first kappa shape index (κ1) is 34.4. The fourth-order valence-electron chi connectivity index (χ4n) is 1.07. The van der Waals surface area contributed by atoms with Crippen molar-refractivity contribution in [2.24, 2.45) is 0 Å². The zero-order valence-electron chi connectivity index (χ0n) is 12.4. The van der Waals surface area contributed by atoms with E-state index in [1.807, 2.05) is 42.5 Å². The van der Waals surface area contributed by atoms with E-state index < -0.39 is 0 Å². The Bertz CT molecular complexity index is 466. The third-order valence-corrected chi connectivity index (χ3v) is 1.97. The van der Waals surface area contributed by atoms with Crippen molar-refractivity contribution in [1.29, 1.82) is 0 Å². The molecule has 0 spiro atoms. The fourth-order valence-corrected chi connectivity index (χ4v) is 1.07. The maximum Gasteiger partial charge on any atom is 0.338 e. The monoisotopic (exact) mass is 640 g/mol. The fraction of sp³-hybridized carbons (Fsp3) is 0.0625. The van der Waals surface area contributed by atoms with Crippen LogP contribution in [0.3, 0.4) is 0 Å². The number of halogens is 5. The number of carbonyl (C=O) groups excluding carboxylic acids is 1. The first-order valence-corrected chi connectivity index (χ1v) is 5.63. The highest BCUT2D eigenvalue weighted by Gasteiger charge is 2.03. The van der Waals surface area contributed by atoms with E-state index in [0.29, 0.717) is 11.3 Å². The van der Waals surface area contributed by atoms with Gasteiger partial charge in [0.05, 0.1) is 0 Å². The summed E-state index contributed by atoms with van der Waals surface area (Å²) in [4.78, 5) is 11.0. The molecule has 0 amide bonds. The largest absolute Gasteiger partial charge is 0.423 e. The molecular formula is C16H21Br5O2. The molecule has 2 rings (SSSR count). The van der Waals surface area contributed by atoms with E-state index in [-0.39, 0.29) is 90.9 Å². The maximum absolute atomic E-state index is 11.0. The Hall–Kier alpha value is 0.0500. The number of ether oxygens (including phenoxy) is 1. The second kappa shape index (κ2) is 22.1. The molecule has 0 bridgehead atoms. The molecule has 0 aromatic heterocycles. The molecule has 7 heteroatoms. The standard InChI is InChI=1S/C10H10O2.C6H6.5BrH/c1-8(2)10(11)12-9-6-4-3-5-7-9;1-2-4-6-5-3-1;;;;;/h3-7H,1H2,2H3;1-6H;5*1H. The van der Waals surface area contributed by atoms with Crippen LogP contribution in [0, 0.1) is 0 Å². The number of rotatable bonds is 2. The second-order valence-corrected chi connectivity index (χ2v) is 3.64. The van der Waals surface area contributed by atoms with Crippen molar-refractivity contribution in [1.82, 2.24) is 0 Å². The molecule has 0 saturated heterocycles. The Kier molecular flexibility index (Phi) is 33.0. The van der Waals surface area contributed by atoms with Crippen LogP contribution in [0.4, 0.5) is 0 Å². The normalized spacial score (nSPS) is 6.83. The van der Waals surface area contributed by atoms with Gasteiger partial charge in [-0.2, -0.15) is 0 Å². The molecule has 0 heterocycles. The lowest BCUT2D eigenvalue weighted by Gasteiger charge is -2.01. The molecule has 0 aliphatic carbocycles. The van der Waals surface area contributed by atoms with Crippen LogP contribution < -0.4 is 4.74 Å². The van der Waals surface area contributed by atoms with E-state index in [9.17, 15) is 4.79 Å². The average Bonchev–Trinajstić information content (AvgIpc) is 2.42. The zero-order valence-corrected chi connectivity index (χ0v) is 21.0. The summed E-state index contributed by atoms with van der Waals surface area (Å²) in [5.74, 6) is 0.159. The molecule has 0 N–H and O–H groups in total. The van der Waals surface area contributed by atoms with Gasteiger partial charge >= 0.3 is 5.97 Å². The van der Waals surface area contributed by atoms with Crippen molar-refractivity contribution < 1.29 is 9.53 Å². The highest BCUT2D eigenvalue weighted by molar-refractivity contribution is 8.93. The van der Waals surface area contributed by atoms with Gasteiger partial charge < -0.3 is 4.74 Å². The van der Waals surface area contributed by atoms with Gasteiger partial charge in [-0.1, -0.05) is 61.2 Å². The Morgan fingerprint density at radius 3 is 1.35 bits per heavy atom. The topological polar surface area (TPSA) is 26.3 Å². The molecular weight excluding hydrogens is 624 g/mol. The third-order valence-electron chi connectivity index (χ3n) is 1.97. The van der Waals surface area contributed by atoms with E-state index in [1.54, 1.807) is 31.2 Å². The predicted molar refractivity (Wildman–Crippen MR) is 125 cm³/mol. The summed E-state index contributed by atoms with van der Waals surface area (Å²) in [6.07, 6.45) is 0. The molecule has 0 saturated carbocycles. The number of hydrogen-bond donors (Lipinski definition) is 0. The summed E-state index contributed by atoms with van der Waals surface area (Å²) in [5.41, 5.74) is 0.402. The molecule has 2 nitrogen and oxygen atoms in total. The van der Waals surface area contributed by atoms with Crippen LogP contribution in [0.1, 0.15) is 6.92 Å². The van der Waals surface area contributed by atoms with Crippen LogP contribution in [-0.2, 0) is 4.79 Å². The van der Waals surface area contributed by atoms with E-state index in [0.717, 1.165) is 0 Å². The average molecular weight is 645 g/mol. The summed E-state index contributed by atoms with van der Waals surface area (Å²) < 4.78 is 4.94. The van der Waals surface area contributed by atoms with Crippen LogP contribution in [0.25, 0.3) is 0 Å². The third kappa shape index (κ3) is 18.2. The molecule has 2 aromatic carbocycles. The van der Waals surface area contributed by atoms with E-state index in [1.165, 1.54) is 0 Å². The first-order chi connectivity index (χ1) is 8.70. The summed E-state index contributed by atoms with van der Waals surface area (Å²) in [6.45, 7) is 5.09. The molecule has 0 aliphatic heterocycles. The van der Waals surface area contributed by atoms with Crippen LogP contribution in [-0.4, -0.2) is 5.97 Å². The number of esters is 1. The maximum atomic E-state index is 11.0. The van der Waals surface area contributed by atoms with Crippen LogP contribution in [0.2, 0.25) is 0 Å². The first-order valence-electron chi connectivity index (χ1n) is 5.63. The van der Waals surface area contributed by atoms with E-state index >= 15 is 0 Å². The van der Waals surface area contributed by atoms with Crippen molar-refractivity contribution >= 4 is 90.9 Å². The summed E-state index contributed by atoms with van der Waals surface area (Å²) in [5, 5.41) is 0. The molecule has 0 atom stereocenters. The Balaban J connectivity index is -0.0000000866. The lowest BCUT2D eigenvalue weighted by Crippen LogP contribution is -2.07. The molecule has 2 aromatic rings.